The van der Waals surface area contributed by atoms with Crippen molar-refractivity contribution in [2.45, 2.75) is 27.7 Å². The molecule has 3 aromatic heterocycles. The smallest absolute Gasteiger partial charge is 0.354 e. The molecule has 0 unspecified atom stereocenters. The van der Waals surface area contributed by atoms with Gasteiger partial charge in [-0.2, -0.15) is 5.10 Å². The summed E-state index contributed by atoms with van der Waals surface area (Å²) < 4.78 is 12.2. The van der Waals surface area contributed by atoms with Crippen LogP contribution in [0.2, 0.25) is 0 Å². The maximum Gasteiger partial charge on any atom is 0.354 e. The van der Waals surface area contributed by atoms with Gasteiger partial charge in [0.1, 0.15) is 10.8 Å². The highest BCUT2D eigenvalue weighted by molar-refractivity contribution is 7.17. The highest BCUT2D eigenvalue weighted by atomic mass is 32.1. The topological polar surface area (TPSA) is 103 Å². The standard InChI is InChI=1S/C20H21N3O5S/c1-5-27-18-17(20(26)28-6-2)29-19(22-18)13-7-8-23-15(9-13)14(10-21-23)16(11(3)24)12(4)25/h7-10,24H,5-6H2,1-4H3/b16-11+. The van der Waals surface area contributed by atoms with Crippen molar-refractivity contribution in [1.29, 1.82) is 0 Å². The van der Waals surface area contributed by atoms with Crippen molar-refractivity contribution in [3.8, 4) is 16.5 Å². The lowest BCUT2D eigenvalue weighted by Crippen LogP contribution is -2.05. The Morgan fingerprint density at radius 2 is 2.00 bits per heavy atom. The monoisotopic (exact) mass is 415 g/mol. The van der Waals surface area contributed by atoms with Crippen molar-refractivity contribution in [3.05, 3.63) is 40.7 Å². The molecule has 29 heavy (non-hydrogen) atoms. The molecular weight excluding hydrogens is 394 g/mol. The van der Waals surface area contributed by atoms with Crippen LogP contribution < -0.4 is 4.74 Å². The molecule has 1 N–H and O–H groups in total. The number of ketones is 1. The number of aliphatic hydroxyl groups is 1. The van der Waals surface area contributed by atoms with Crippen molar-refractivity contribution in [1.82, 2.24) is 14.6 Å². The molecule has 3 heterocycles. The summed E-state index contributed by atoms with van der Waals surface area (Å²) in [5, 5.41) is 14.8. The molecule has 0 aromatic carbocycles. The van der Waals surface area contributed by atoms with Gasteiger partial charge in [-0.25, -0.2) is 14.3 Å². The van der Waals surface area contributed by atoms with Gasteiger partial charge < -0.3 is 14.6 Å². The number of hydrogen-bond donors (Lipinski definition) is 1. The Hall–Kier alpha value is -3.20. The predicted molar refractivity (Wildman–Crippen MR) is 109 cm³/mol. The summed E-state index contributed by atoms with van der Waals surface area (Å²) in [6.45, 7) is 7.02. The van der Waals surface area contributed by atoms with E-state index in [1.54, 1.807) is 29.8 Å². The number of ether oxygens (including phenoxy) is 2. The normalized spacial score (nSPS) is 12.0. The van der Waals surface area contributed by atoms with Gasteiger partial charge in [0, 0.05) is 17.3 Å². The fourth-order valence-corrected chi connectivity index (χ4v) is 3.84. The zero-order chi connectivity index (χ0) is 21.1. The van der Waals surface area contributed by atoms with Crippen LogP contribution in [-0.2, 0) is 9.53 Å². The number of esters is 1. The van der Waals surface area contributed by atoms with Gasteiger partial charge in [0.25, 0.3) is 0 Å². The van der Waals surface area contributed by atoms with E-state index in [1.807, 2.05) is 6.92 Å². The molecule has 0 amide bonds. The molecule has 0 radical (unpaired) electrons. The van der Waals surface area contributed by atoms with Gasteiger partial charge in [0.05, 0.1) is 30.5 Å². The van der Waals surface area contributed by atoms with Crippen LogP contribution in [0.3, 0.4) is 0 Å². The quantitative estimate of drug-likeness (QED) is 0.354. The maximum absolute atomic E-state index is 12.2. The molecule has 8 nitrogen and oxygen atoms in total. The minimum Gasteiger partial charge on any atom is -0.512 e. The van der Waals surface area contributed by atoms with E-state index >= 15 is 0 Å². The first-order valence-corrected chi connectivity index (χ1v) is 9.88. The van der Waals surface area contributed by atoms with E-state index in [0.29, 0.717) is 27.6 Å². The van der Waals surface area contributed by atoms with Crippen molar-refractivity contribution in [2.24, 2.45) is 0 Å². The summed E-state index contributed by atoms with van der Waals surface area (Å²) in [7, 11) is 0. The van der Waals surface area contributed by atoms with Crippen LogP contribution in [0.25, 0.3) is 21.7 Å². The van der Waals surface area contributed by atoms with Gasteiger partial charge in [0.15, 0.2) is 10.7 Å². The number of carbonyl (C=O) groups is 2. The lowest BCUT2D eigenvalue weighted by Gasteiger charge is -2.05. The van der Waals surface area contributed by atoms with E-state index in [-0.39, 0.29) is 29.6 Å². The Morgan fingerprint density at radius 1 is 1.24 bits per heavy atom. The van der Waals surface area contributed by atoms with E-state index in [4.69, 9.17) is 9.47 Å². The molecule has 0 saturated heterocycles. The second kappa shape index (κ2) is 8.44. The number of rotatable bonds is 7. The minimum atomic E-state index is -0.483. The zero-order valence-corrected chi connectivity index (χ0v) is 17.4. The Bertz CT molecular complexity index is 1110. The van der Waals surface area contributed by atoms with Crippen LogP contribution in [0, 0.1) is 0 Å². The fourth-order valence-electron chi connectivity index (χ4n) is 2.94. The Morgan fingerprint density at radius 3 is 2.62 bits per heavy atom. The molecule has 0 aliphatic heterocycles. The summed E-state index contributed by atoms with van der Waals surface area (Å²) in [5.41, 5.74) is 2.08. The lowest BCUT2D eigenvalue weighted by atomic mass is 10.0. The van der Waals surface area contributed by atoms with E-state index in [1.165, 1.54) is 31.4 Å². The van der Waals surface area contributed by atoms with Crippen molar-refractivity contribution < 1.29 is 24.2 Å². The van der Waals surface area contributed by atoms with Crippen LogP contribution >= 0.6 is 11.3 Å². The van der Waals surface area contributed by atoms with Crippen molar-refractivity contribution in [2.75, 3.05) is 13.2 Å². The van der Waals surface area contributed by atoms with Crippen LogP contribution in [-0.4, -0.2) is 44.7 Å². The van der Waals surface area contributed by atoms with Crippen LogP contribution in [0.15, 0.2) is 30.3 Å². The molecular formula is C20H21N3O5S. The molecule has 0 fully saturated rings. The molecule has 0 bridgehead atoms. The molecule has 3 rings (SSSR count). The average Bonchev–Trinajstić information content (AvgIpc) is 3.26. The third-order valence-electron chi connectivity index (χ3n) is 4.09. The lowest BCUT2D eigenvalue weighted by molar-refractivity contribution is -0.111. The van der Waals surface area contributed by atoms with Crippen LogP contribution in [0.4, 0.5) is 0 Å². The first-order valence-electron chi connectivity index (χ1n) is 9.07. The number of nitrogens with zero attached hydrogens (tertiary/aromatic N) is 3. The molecule has 0 spiro atoms. The molecule has 0 saturated carbocycles. The number of aromatic nitrogens is 3. The molecule has 152 valence electrons. The third kappa shape index (κ3) is 4.00. The second-order valence-corrected chi connectivity index (χ2v) is 7.13. The van der Waals surface area contributed by atoms with Gasteiger partial charge in [0.2, 0.25) is 5.88 Å². The van der Waals surface area contributed by atoms with Crippen LogP contribution in [0.1, 0.15) is 42.9 Å². The Labute approximate surface area is 171 Å². The van der Waals surface area contributed by atoms with Crippen molar-refractivity contribution in [3.63, 3.8) is 0 Å². The van der Waals surface area contributed by atoms with Gasteiger partial charge >= 0.3 is 5.97 Å². The van der Waals surface area contributed by atoms with Gasteiger partial charge in [-0.3, -0.25) is 4.79 Å². The molecule has 3 aromatic rings. The Kier molecular flexibility index (Phi) is 5.97. The highest BCUT2D eigenvalue weighted by Crippen LogP contribution is 2.34. The third-order valence-corrected chi connectivity index (χ3v) is 5.16. The summed E-state index contributed by atoms with van der Waals surface area (Å²) in [6, 6.07) is 3.61. The van der Waals surface area contributed by atoms with Gasteiger partial charge in [-0.1, -0.05) is 0 Å². The number of allylic oxidation sites excluding steroid dienone is 2. The van der Waals surface area contributed by atoms with E-state index in [2.05, 4.69) is 10.1 Å². The second-order valence-electron chi connectivity index (χ2n) is 6.13. The van der Waals surface area contributed by atoms with Crippen molar-refractivity contribution >= 4 is 34.2 Å². The van der Waals surface area contributed by atoms with E-state index in [9.17, 15) is 14.7 Å². The average molecular weight is 415 g/mol. The first kappa shape index (κ1) is 20.5. The minimum absolute atomic E-state index is 0.0738. The van der Waals surface area contributed by atoms with E-state index in [0.717, 1.165) is 5.56 Å². The number of thiazole rings is 1. The molecule has 0 aliphatic rings. The molecule has 9 heteroatoms. The summed E-state index contributed by atoms with van der Waals surface area (Å²) in [5.74, 6) is -0.586. The molecule has 0 atom stereocenters. The number of carbonyl (C=O) groups excluding carboxylic acids is 2. The number of hydrogen-bond acceptors (Lipinski definition) is 8. The number of pyridine rings is 1. The van der Waals surface area contributed by atoms with Crippen LogP contribution in [0.5, 0.6) is 5.88 Å². The highest BCUT2D eigenvalue weighted by Gasteiger charge is 2.22. The maximum atomic E-state index is 12.2. The van der Waals surface area contributed by atoms with E-state index < -0.39 is 5.97 Å². The number of aliphatic hydroxyl groups excluding tert-OH is 1. The zero-order valence-electron chi connectivity index (χ0n) is 16.6. The predicted octanol–water partition coefficient (Wildman–Crippen LogP) is 3.91. The number of fused-ring (bicyclic) bond motifs is 1. The first-order chi connectivity index (χ1) is 13.9. The van der Waals surface area contributed by atoms with Gasteiger partial charge in [-0.05, 0) is 39.8 Å². The summed E-state index contributed by atoms with van der Waals surface area (Å²) >= 11 is 1.17. The summed E-state index contributed by atoms with van der Waals surface area (Å²) in [4.78, 5) is 29.0. The molecule has 0 aliphatic carbocycles. The summed E-state index contributed by atoms with van der Waals surface area (Å²) in [6.07, 6.45) is 3.26. The largest absolute Gasteiger partial charge is 0.512 e. The SMILES string of the molecule is CCOC(=O)c1sc(-c2ccn3ncc(/C(C(C)=O)=C(\C)O)c3c2)nc1OCC. The van der Waals surface area contributed by atoms with Gasteiger partial charge in [-0.15, -0.1) is 11.3 Å². The Balaban J connectivity index is 2.13. The fraction of sp³-hybridized carbons (Fsp3) is 0.300. The number of Topliss-reactive ketones (excluding diaryl/α,β-unsaturated/α-hetero) is 1.